The number of aliphatic carboxylic acids is 1. The molecule has 1 unspecified atom stereocenters. The number of benzene rings is 1. The molecule has 3 N–H and O–H groups in total. The Labute approximate surface area is 124 Å². The van der Waals surface area contributed by atoms with Crippen molar-refractivity contribution >= 4 is 11.9 Å². The molecule has 1 aromatic rings. The average Bonchev–Trinajstić information content (AvgIpc) is 2.50. The second kappa shape index (κ2) is 7.22. The first-order valence-corrected chi connectivity index (χ1v) is 7.39. The third-order valence-corrected chi connectivity index (χ3v) is 3.82. The van der Waals surface area contributed by atoms with Gasteiger partial charge >= 0.3 is 5.97 Å². The molecule has 1 aliphatic rings. The summed E-state index contributed by atoms with van der Waals surface area (Å²) in [6.07, 6.45) is 1.72. The number of carboxylic acid groups (broad SMARTS) is 1. The number of amides is 1. The Bertz CT molecular complexity index is 528. The van der Waals surface area contributed by atoms with Crippen molar-refractivity contribution in [1.29, 1.82) is 0 Å². The molecule has 2 rings (SSSR count). The Hall–Kier alpha value is -1.88. The van der Waals surface area contributed by atoms with E-state index in [0.717, 1.165) is 19.5 Å². The van der Waals surface area contributed by atoms with Crippen LogP contribution in [0.5, 0.6) is 0 Å². The van der Waals surface area contributed by atoms with Crippen LogP contribution in [-0.4, -0.2) is 30.1 Å². The predicted molar refractivity (Wildman–Crippen MR) is 80.2 cm³/mol. The van der Waals surface area contributed by atoms with E-state index in [1.54, 1.807) is 0 Å². The highest BCUT2D eigenvalue weighted by molar-refractivity contribution is 5.94. The molecule has 0 radical (unpaired) electrons. The van der Waals surface area contributed by atoms with E-state index in [-0.39, 0.29) is 18.2 Å². The lowest BCUT2D eigenvalue weighted by Gasteiger charge is -2.18. The van der Waals surface area contributed by atoms with E-state index in [2.05, 4.69) is 10.6 Å². The predicted octanol–water partition coefficient (Wildman–Crippen LogP) is 1.56. The average molecular weight is 290 g/mol. The fraction of sp³-hybridized carbons (Fsp3) is 0.500. The minimum Gasteiger partial charge on any atom is -0.481 e. The van der Waals surface area contributed by atoms with E-state index < -0.39 is 5.97 Å². The summed E-state index contributed by atoms with van der Waals surface area (Å²) in [5, 5.41) is 14.8. The van der Waals surface area contributed by atoms with Gasteiger partial charge in [0.1, 0.15) is 0 Å². The molecule has 1 amide bonds. The molecule has 5 heteroatoms. The topological polar surface area (TPSA) is 78.4 Å². The van der Waals surface area contributed by atoms with Gasteiger partial charge in [0.15, 0.2) is 0 Å². The highest BCUT2D eigenvalue weighted by Crippen LogP contribution is 2.16. The maximum Gasteiger partial charge on any atom is 0.303 e. The summed E-state index contributed by atoms with van der Waals surface area (Å²) in [6.45, 7) is 4.24. The SMILES string of the molecule is CC(CCC(=O)O)CNC(=O)c1ccc2c(c1)CNCC2. The van der Waals surface area contributed by atoms with Crippen LogP contribution >= 0.6 is 0 Å². The zero-order valence-corrected chi connectivity index (χ0v) is 12.3. The quantitative estimate of drug-likeness (QED) is 0.743. The summed E-state index contributed by atoms with van der Waals surface area (Å²) < 4.78 is 0. The monoisotopic (exact) mass is 290 g/mol. The van der Waals surface area contributed by atoms with Crippen LogP contribution in [0.15, 0.2) is 18.2 Å². The Morgan fingerprint density at radius 2 is 2.19 bits per heavy atom. The molecule has 1 heterocycles. The van der Waals surface area contributed by atoms with Gasteiger partial charge in [-0.3, -0.25) is 9.59 Å². The first-order chi connectivity index (χ1) is 10.1. The number of hydrogen-bond acceptors (Lipinski definition) is 3. The molecule has 0 aliphatic carbocycles. The molecular weight excluding hydrogens is 268 g/mol. The summed E-state index contributed by atoms with van der Waals surface area (Å²) in [5.74, 6) is -0.731. The number of nitrogens with one attached hydrogen (secondary N) is 2. The Morgan fingerprint density at radius 1 is 1.38 bits per heavy atom. The first-order valence-electron chi connectivity index (χ1n) is 7.39. The molecule has 1 aromatic carbocycles. The van der Waals surface area contributed by atoms with E-state index >= 15 is 0 Å². The van der Waals surface area contributed by atoms with Crippen molar-refractivity contribution in [3.05, 3.63) is 34.9 Å². The van der Waals surface area contributed by atoms with E-state index in [0.29, 0.717) is 18.5 Å². The lowest BCUT2D eigenvalue weighted by molar-refractivity contribution is -0.137. The minimum absolute atomic E-state index is 0.0921. The molecule has 0 spiro atoms. The molecule has 21 heavy (non-hydrogen) atoms. The summed E-state index contributed by atoms with van der Waals surface area (Å²) in [5.41, 5.74) is 3.16. The third-order valence-electron chi connectivity index (χ3n) is 3.82. The number of carbonyl (C=O) groups is 2. The normalized spacial score (nSPS) is 15.1. The fourth-order valence-corrected chi connectivity index (χ4v) is 2.46. The maximum absolute atomic E-state index is 12.1. The van der Waals surface area contributed by atoms with Gasteiger partial charge in [-0.25, -0.2) is 0 Å². The number of carboxylic acids is 1. The molecule has 5 nitrogen and oxygen atoms in total. The van der Waals surface area contributed by atoms with E-state index in [1.165, 1.54) is 11.1 Å². The molecule has 1 atom stereocenters. The summed E-state index contributed by atoms with van der Waals surface area (Å²) >= 11 is 0. The molecule has 0 aromatic heterocycles. The number of rotatable bonds is 6. The second-order valence-electron chi connectivity index (χ2n) is 5.66. The standard InChI is InChI=1S/C16H22N2O3/c1-11(2-5-15(19)20)9-18-16(21)13-4-3-12-6-7-17-10-14(12)8-13/h3-4,8,11,17H,2,5-7,9-10H2,1H3,(H,18,21)(H,19,20). The molecule has 1 aliphatic heterocycles. The van der Waals surface area contributed by atoms with E-state index in [9.17, 15) is 9.59 Å². The van der Waals surface area contributed by atoms with Gasteiger partial charge in [0.25, 0.3) is 5.91 Å². The third kappa shape index (κ3) is 4.56. The number of hydrogen-bond donors (Lipinski definition) is 3. The molecule has 0 bridgehead atoms. The van der Waals surface area contributed by atoms with Crippen molar-refractivity contribution in [3.63, 3.8) is 0 Å². The van der Waals surface area contributed by atoms with Gasteiger partial charge in [-0.1, -0.05) is 13.0 Å². The zero-order chi connectivity index (χ0) is 15.2. The Morgan fingerprint density at radius 3 is 2.95 bits per heavy atom. The van der Waals surface area contributed by atoms with Crippen LogP contribution in [0.2, 0.25) is 0 Å². The highest BCUT2D eigenvalue weighted by atomic mass is 16.4. The number of carbonyl (C=O) groups excluding carboxylic acids is 1. The summed E-state index contributed by atoms with van der Waals surface area (Å²) in [7, 11) is 0. The van der Waals surface area contributed by atoms with Crippen LogP contribution < -0.4 is 10.6 Å². The maximum atomic E-state index is 12.1. The van der Waals surface area contributed by atoms with E-state index in [1.807, 2.05) is 25.1 Å². The van der Waals surface area contributed by atoms with Crippen LogP contribution in [0, 0.1) is 5.92 Å². The lowest BCUT2D eigenvalue weighted by atomic mass is 9.98. The van der Waals surface area contributed by atoms with Gasteiger partial charge in [0.2, 0.25) is 0 Å². The molecule has 114 valence electrons. The fourth-order valence-electron chi connectivity index (χ4n) is 2.46. The van der Waals surface area contributed by atoms with Crippen LogP contribution in [0.4, 0.5) is 0 Å². The molecule has 0 fully saturated rings. The van der Waals surface area contributed by atoms with Crippen molar-refractivity contribution in [2.24, 2.45) is 5.92 Å². The number of fused-ring (bicyclic) bond motifs is 1. The van der Waals surface area contributed by atoms with Crippen molar-refractivity contribution in [3.8, 4) is 0 Å². The Kier molecular flexibility index (Phi) is 5.33. The van der Waals surface area contributed by atoms with Gasteiger partial charge in [-0.2, -0.15) is 0 Å². The van der Waals surface area contributed by atoms with Gasteiger partial charge in [-0.05, 0) is 48.6 Å². The van der Waals surface area contributed by atoms with Crippen molar-refractivity contribution in [1.82, 2.24) is 10.6 Å². The van der Waals surface area contributed by atoms with Crippen LogP contribution in [-0.2, 0) is 17.8 Å². The van der Waals surface area contributed by atoms with Gasteiger partial charge in [0, 0.05) is 25.1 Å². The van der Waals surface area contributed by atoms with Crippen molar-refractivity contribution in [2.75, 3.05) is 13.1 Å². The smallest absolute Gasteiger partial charge is 0.303 e. The first kappa shape index (κ1) is 15.5. The van der Waals surface area contributed by atoms with Gasteiger partial charge < -0.3 is 15.7 Å². The van der Waals surface area contributed by atoms with Crippen LogP contribution in [0.1, 0.15) is 41.3 Å². The molecule has 0 saturated carbocycles. The van der Waals surface area contributed by atoms with Gasteiger partial charge in [0.05, 0.1) is 0 Å². The van der Waals surface area contributed by atoms with Crippen LogP contribution in [0.25, 0.3) is 0 Å². The van der Waals surface area contributed by atoms with Gasteiger partial charge in [-0.15, -0.1) is 0 Å². The van der Waals surface area contributed by atoms with E-state index in [4.69, 9.17) is 5.11 Å². The van der Waals surface area contributed by atoms with Crippen molar-refractivity contribution in [2.45, 2.75) is 32.7 Å². The summed E-state index contributed by atoms with van der Waals surface area (Å²) in [6, 6.07) is 5.83. The minimum atomic E-state index is -0.796. The highest BCUT2D eigenvalue weighted by Gasteiger charge is 2.13. The van der Waals surface area contributed by atoms with Crippen molar-refractivity contribution < 1.29 is 14.7 Å². The summed E-state index contributed by atoms with van der Waals surface area (Å²) in [4.78, 5) is 22.6. The lowest BCUT2D eigenvalue weighted by Crippen LogP contribution is -2.29. The zero-order valence-electron chi connectivity index (χ0n) is 12.3. The molecular formula is C16H22N2O3. The second-order valence-corrected chi connectivity index (χ2v) is 5.66. The largest absolute Gasteiger partial charge is 0.481 e. The Balaban J connectivity index is 1.87. The molecule has 0 saturated heterocycles. The van der Waals surface area contributed by atoms with Crippen LogP contribution in [0.3, 0.4) is 0 Å².